The highest BCUT2D eigenvalue weighted by atomic mass is 15.1. The maximum Gasteiger partial charge on any atom is 0.0923 e. The van der Waals surface area contributed by atoms with Crippen molar-refractivity contribution in [3.63, 3.8) is 0 Å². The quantitative estimate of drug-likeness (QED) is 0.740. The molecule has 0 fully saturated rings. The van der Waals surface area contributed by atoms with E-state index >= 15 is 0 Å². The molecule has 3 rings (SSSR count). The first-order chi connectivity index (χ1) is 7.33. The summed E-state index contributed by atoms with van der Waals surface area (Å²) in [5, 5.41) is 10.6. The van der Waals surface area contributed by atoms with E-state index in [0.29, 0.717) is 0 Å². The van der Waals surface area contributed by atoms with Crippen molar-refractivity contribution >= 4 is 5.69 Å². The van der Waals surface area contributed by atoms with E-state index in [2.05, 4.69) is 39.8 Å². The Morgan fingerprint density at radius 1 is 1.27 bits per heavy atom. The van der Waals surface area contributed by atoms with Gasteiger partial charge in [0, 0.05) is 23.5 Å². The number of aryl methyl sites for hydroxylation is 1. The zero-order valence-electron chi connectivity index (χ0n) is 8.67. The van der Waals surface area contributed by atoms with Gasteiger partial charge in [0.25, 0.3) is 0 Å². The van der Waals surface area contributed by atoms with Crippen LogP contribution in [0.3, 0.4) is 0 Å². The fourth-order valence-corrected chi connectivity index (χ4v) is 2.03. The molecule has 0 bridgehead atoms. The maximum atomic E-state index is 4.27. The van der Waals surface area contributed by atoms with Gasteiger partial charge in [-0.1, -0.05) is 6.07 Å². The average Bonchev–Trinajstić information content (AvgIpc) is 2.84. The van der Waals surface area contributed by atoms with Crippen molar-refractivity contribution < 1.29 is 0 Å². The standard InChI is InChI=1S/C12H13N3/c1-8-6-12(15-14-8)9-2-3-11-10(7-9)4-5-13-11/h2-3,6-7,13H,4-5H2,1H3,(H,14,15). The summed E-state index contributed by atoms with van der Waals surface area (Å²) in [5.74, 6) is 0. The van der Waals surface area contributed by atoms with Crippen molar-refractivity contribution in [3.05, 3.63) is 35.5 Å². The molecule has 2 aromatic rings. The number of H-pyrrole nitrogens is 1. The van der Waals surface area contributed by atoms with Crippen molar-refractivity contribution in [2.45, 2.75) is 13.3 Å². The van der Waals surface area contributed by atoms with Gasteiger partial charge in [0.1, 0.15) is 0 Å². The first-order valence-corrected chi connectivity index (χ1v) is 5.22. The summed E-state index contributed by atoms with van der Waals surface area (Å²) in [6, 6.07) is 8.56. The van der Waals surface area contributed by atoms with E-state index in [4.69, 9.17) is 0 Å². The van der Waals surface area contributed by atoms with Gasteiger partial charge in [0.05, 0.1) is 5.69 Å². The molecule has 0 saturated heterocycles. The number of benzene rings is 1. The highest BCUT2D eigenvalue weighted by Crippen LogP contribution is 2.27. The molecule has 1 aromatic carbocycles. The summed E-state index contributed by atoms with van der Waals surface area (Å²) in [4.78, 5) is 0. The van der Waals surface area contributed by atoms with Gasteiger partial charge in [-0.3, -0.25) is 5.10 Å². The zero-order valence-corrected chi connectivity index (χ0v) is 8.67. The van der Waals surface area contributed by atoms with Gasteiger partial charge in [-0.25, -0.2) is 0 Å². The van der Waals surface area contributed by atoms with Gasteiger partial charge >= 0.3 is 0 Å². The second kappa shape index (κ2) is 3.12. The summed E-state index contributed by atoms with van der Waals surface area (Å²) >= 11 is 0. The SMILES string of the molecule is Cc1cc(-c2ccc3c(c2)CCN3)n[nH]1. The van der Waals surface area contributed by atoms with Crippen LogP contribution in [0.2, 0.25) is 0 Å². The number of hydrogen-bond acceptors (Lipinski definition) is 2. The van der Waals surface area contributed by atoms with E-state index in [-0.39, 0.29) is 0 Å². The van der Waals surface area contributed by atoms with E-state index in [1.165, 1.54) is 16.8 Å². The number of anilines is 1. The van der Waals surface area contributed by atoms with Crippen LogP contribution < -0.4 is 5.32 Å². The lowest BCUT2D eigenvalue weighted by Gasteiger charge is -2.01. The van der Waals surface area contributed by atoms with E-state index < -0.39 is 0 Å². The minimum atomic E-state index is 1.03. The van der Waals surface area contributed by atoms with Gasteiger partial charge in [-0.15, -0.1) is 0 Å². The molecule has 0 amide bonds. The third-order valence-corrected chi connectivity index (χ3v) is 2.82. The van der Waals surface area contributed by atoms with Crippen LogP contribution in [0.15, 0.2) is 24.3 Å². The Bertz CT molecular complexity index is 499. The molecule has 2 heterocycles. The highest BCUT2D eigenvalue weighted by Gasteiger charge is 2.11. The third kappa shape index (κ3) is 1.40. The smallest absolute Gasteiger partial charge is 0.0923 e. The number of aromatic nitrogens is 2. The minimum absolute atomic E-state index is 1.03. The number of nitrogens with zero attached hydrogens (tertiary/aromatic N) is 1. The van der Waals surface area contributed by atoms with Crippen molar-refractivity contribution in [2.24, 2.45) is 0 Å². The Morgan fingerprint density at radius 2 is 2.20 bits per heavy atom. The lowest BCUT2D eigenvalue weighted by molar-refractivity contribution is 1.05. The zero-order chi connectivity index (χ0) is 10.3. The van der Waals surface area contributed by atoms with E-state index in [9.17, 15) is 0 Å². The molecule has 3 nitrogen and oxygen atoms in total. The molecule has 0 spiro atoms. The molecular weight excluding hydrogens is 186 g/mol. The topological polar surface area (TPSA) is 40.7 Å². The summed E-state index contributed by atoms with van der Waals surface area (Å²) in [5.41, 5.74) is 5.99. The lowest BCUT2D eigenvalue weighted by atomic mass is 10.1. The van der Waals surface area contributed by atoms with Crippen molar-refractivity contribution in [3.8, 4) is 11.3 Å². The van der Waals surface area contributed by atoms with Gasteiger partial charge in [-0.2, -0.15) is 5.10 Å². The average molecular weight is 199 g/mol. The van der Waals surface area contributed by atoms with Gasteiger partial charge in [0.2, 0.25) is 0 Å². The van der Waals surface area contributed by atoms with Gasteiger partial charge in [0.15, 0.2) is 0 Å². The van der Waals surface area contributed by atoms with Gasteiger partial charge in [-0.05, 0) is 37.1 Å². The Labute approximate surface area is 88.5 Å². The molecule has 0 saturated carbocycles. The van der Waals surface area contributed by atoms with Crippen LogP contribution in [0, 0.1) is 6.92 Å². The molecule has 1 aromatic heterocycles. The van der Waals surface area contributed by atoms with Crippen LogP contribution in [0.4, 0.5) is 5.69 Å². The second-order valence-corrected chi connectivity index (χ2v) is 3.98. The lowest BCUT2D eigenvalue weighted by Crippen LogP contribution is -1.90. The van der Waals surface area contributed by atoms with Crippen LogP contribution in [0.25, 0.3) is 11.3 Å². The second-order valence-electron chi connectivity index (χ2n) is 3.98. The van der Waals surface area contributed by atoms with Crippen molar-refractivity contribution in [1.29, 1.82) is 0 Å². The number of fused-ring (bicyclic) bond motifs is 1. The largest absolute Gasteiger partial charge is 0.384 e. The van der Waals surface area contributed by atoms with Gasteiger partial charge < -0.3 is 5.32 Å². The monoisotopic (exact) mass is 199 g/mol. The molecule has 0 aliphatic carbocycles. The van der Waals surface area contributed by atoms with Crippen LogP contribution in [0.5, 0.6) is 0 Å². The maximum absolute atomic E-state index is 4.27. The van der Waals surface area contributed by atoms with Crippen LogP contribution >= 0.6 is 0 Å². The molecule has 1 aliphatic rings. The first-order valence-electron chi connectivity index (χ1n) is 5.22. The predicted molar refractivity (Wildman–Crippen MR) is 61.0 cm³/mol. The number of nitrogens with one attached hydrogen (secondary N) is 2. The molecule has 0 atom stereocenters. The van der Waals surface area contributed by atoms with Crippen molar-refractivity contribution in [2.75, 3.05) is 11.9 Å². The van der Waals surface area contributed by atoms with Crippen LogP contribution in [-0.4, -0.2) is 16.7 Å². The molecule has 0 unspecified atom stereocenters. The fourth-order valence-electron chi connectivity index (χ4n) is 2.03. The molecular formula is C12H13N3. The molecule has 0 radical (unpaired) electrons. The Hall–Kier alpha value is -1.77. The van der Waals surface area contributed by atoms with E-state index in [1.54, 1.807) is 0 Å². The molecule has 3 heteroatoms. The minimum Gasteiger partial charge on any atom is -0.384 e. The number of aromatic amines is 1. The number of hydrogen-bond donors (Lipinski definition) is 2. The molecule has 15 heavy (non-hydrogen) atoms. The first kappa shape index (κ1) is 8.53. The van der Waals surface area contributed by atoms with Crippen LogP contribution in [0.1, 0.15) is 11.3 Å². The predicted octanol–water partition coefficient (Wildman–Crippen LogP) is 2.35. The third-order valence-electron chi connectivity index (χ3n) is 2.82. The Morgan fingerprint density at radius 3 is 3.00 bits per heavy atom. The van der Waals surface area contributed by atoms with Crippen LogP contribution in [-0.2, 0) is 6.42 Å². The Balaban J connectivity index is 2.06. The molecule has 76 valence electrons. The summed E-state index contributed by atoms with van der Waals surface area (Å²) in [6.07, 6.45) is 1.12. The van der Waals surface area contributed by atoms with E-state index in [0.717, 1.165) is 24.4 Å². The Kier molecular flexibility index (Phi) is 1.78. The van der Waals surface area contributed by atoms with E-state index in [1.807, 2.05) is 6.92 Å². The number of rotatable bonds is 1. The normalized spacial score (nSPS) is 13.7. The highest BCUT2D eigenvalue weighted by molar-refractivity contribution is 5.67. The molecule has 1 aliphatic heterocycles. The fraction of sp³-hybridized carbons (Fsp3) is 0.250. The summed E-state index contributed by atoms with van der Waals surface area (Å²) < 4.78 is 0. The molecule has 2 N–H and O–H groups in total. The van der Waals surface area contributed by atoms with Crippen molar-refractivity contribution in [1.82, 2.24) is 10.2 Å². The summed E-state index contributed by atoms with van der Waals surface area (Å²) in [6.45, 7) is 3.07. The summed E-state index contributed by atoms with van der Waals surface area (Å²) in [7, 11) is 0.